The second kappa shape index (κ2) is 18.0. The van der Waals surface area contributed by atoms with Crippen LogP contribution >= 0.6 is 0 Å². The predicted octanol–water partition coefficient (Wildman–Crippen LogP) is 3.87. The minimum absolute atomic E-state index is 0.103. The molecule has 12 atom stereocenters. The molecule has 12 nitrogen and oxygen atoms in total. The molecule has 5 aliphatic rings. The van der Waals surface area contributed by atoms with Crippen molar-refractivity contribution in [3.8, 4) is 0 Å². The fraction of sp³-hybridized carbons (Fsp3) is 0.800. The van der Waals surface area contributed by atoms with Gasteiger partial charge in [-0.1, -0.05) is 36.1 Å². The zero-order chi connectivity index (χ0) is 37.7. The summed E-state index contributed by atoms with van der Waals surface area (Å²) in [5, 5.41) is 16.2. The third kappa shape index (κ3) is 9.10. The summed E-state index contributed by atoms with van der Waals surface area (Å²) in [4.78, 5) is 49.5. The number of rotatable bonds is 12. The normalized spacial score (nSPS) is 35.8. The lowest BCUT2D eigenvalue weighted by Crippen LogP contribution is -2.46. The maximum atomic E-state index is 12.4. The standard InChI is InChI=1S/C40H64N4O8/c1-21-25(9-13-37(45)49-5)33-18-30-23(3)27(11-15-39(47)51-7)35(43-30)20-32-24(4)28(12-16-40(48)52-8)36(44-32)19-31-22(2)26(10-14-38(46)50-6)34(42-31)17-29(21)41-33/h21,24-25,28-36,41-44H,9-20H2,1-8H3. The van der Waals surface area contributed by atoms with Crippen LogP contribution < -0.4 is 21.3 Å². The number of hydrogen-bond donors (Lipinski definition) is 4. The van der Waals surface area contributed by atoms with Crippen molar-refractivity contribution < 1.29 is 38.1 Å². The van der Waals surface area contributed by atoms with Crippen LogP contribution in [0, 0.1) is 23.7 Å². The molecule has 52 heavy (non-hydrogen) atoms. The molecule has 5 aliphatic heterocycles. The summed E-state index contributed by atoms with van der Waals surface area (Å²) in [6, 6.07) is 1.24. The van der Waals surface area contributed by atoms with Gasteiger partial charge in [0, 0.05) is 74.0 Å². The zero-order valence-electron chi connectivity index (χ0n) is 32.7. The molecule has 5 heterocycles. The fourth-order valence-corrected chi connectivity index (χ4v) is 10.5. The Balaban J connectivity index is 1.51. The smallest absolute Gasteiger partial charge is 0.305 e. The first-order chi connectivity index (χ1) is 24.9. The minimum atomic E-state index is -0.204. The molecule has 12 unspecified atom stereocenters. The fourth-order valence-electron chi connectivity index (χ4n) is 10.5. The van der Waals surface area contributed by atoms with Crippen LogP contribution in [0.4, 0.5) is 0 Å². The van der Waals surface area contributed by atoms with Gasteiger partial charge in [-0.15, -0.1) is 0 Å². The van der Waals surface area contributed by atoms with E-state index >= 15 is 0 Å². The van der Waals surface area contributed by atoms with E-state index < -0.39 is 0 Å². The van der Waals surface area contributed by atoms with Crippen LogP contribution in [0.5, 0.6) is 0 Å². The van der Waals surface area contributed by atoms with Crippen LogP contribution in [-0.4, -0.2) is 101 Å². The molecule has 5 rings (SSSR count). The van der Waals surface area contributed by atoms with E-state index in [1.54, 1.807) is 0 Å². The van der Waals surface area contributed by atoms with Gasteiger partial charge in [0.2, 0.25) is 0 Å². The van der Waals surface area contributed by atoms with Crippen LogP contribution in [0.15, 0.2) is 22.3 Å². The molecule has 3 saturated heterocycles. The Morgan fingerprint density at radius 2 is 0.827 bits per heavy atom. The monoisotopic (exact) mass is 728 g/mol. The number of carbonyl (C=O) groups is 4. The van der Waals surface area contributed by atoms with Gasteiger partial charge in [0.05, 0.1) is 28.4 Å². The lowest BCUT2D eigenvalue weighted by Gasteiger charge is -2.27. The van der Waals surface area contributed by atoms with Gasteiger partial charge in [-0.3, -0.25) is 19.2 Å². The summed E-state index contributed by atoms with van der Waals surface area (Å²) in [5.41, 5.74) is 5.20. The maximum Gasteiger partial charge on any atom is 0.305 e. The van der Waals surface area contributed by atoms with E-state index in [1.165, 1.54) is 50.7 Å². The van der Waals surface area contributed by atoms with Crippen LogP contribution in [-0.2, 0) is 38.1 Å². The number of esters is 4. The average molecular weight is 729 g/mol. The summed E-state index contributed by atoms with van der Waals surface area (Å²) in [6.45, 7) is 9.07. The van der Waals surface area contributed by atoms with Crippen molar-refractivity contribution in [3.63, 3.8) is 0 Å². The Bertz CT molecular complexity index is 1280. The first-order valence-electron chi connectivity index (χ1n) is 19.6. The van der Waals surface area contributed by atoms with Gasteiger partial charge in [-0.2, -0.15) is 0 Å². The molecule has 0 amide bonds. The lowest BCUT2D eigenvalue weighted by atomic mass is 9.80. The van der Waals surface area contributed by atoms with Gasteiger partial charge in [0.15, 0.2) is 0 Å². The SMILES string of the molecule is COC(=O)CCC1=C(C)C2CC3NC(CC4NC(CC5NC(CC1N2)C(C)C5CCC(=O)OC)C(C)=C4CCC(=O)OC)C(C)C3CCC(=O)OC. The second-order valence-electron chi connectivity index (χ2n) is 16.1. The molecule has 0 spiro atoms. The Labute approximate surface area is 310 Å². The molecule has 12 heteroatoms. The van der Waals surface area contributed by atoms with Crippen LogP contribution in [0.2, 0.25) is 0 Å². The third-order valence-electron chi connectivity index (χ3n) is 13.6. The first-order valence-corrected chi connectivity index (χ1v) is 19.6. The van der Waals surface area contributed by atoms with E-state index in [0.29, 0.717) is 50.4 Å². The summed E-state index contributed by atoms with van der Waals surface area (Å²) < 4.78 is 20.2. The van der Waals surface area contributed by atoms with Crippen LogP contribution in [0.3, 0.4) is 0 Å². The average Bonchev–Trinajstić information content (AvgIpc) is 3.80. The van der Waals surface area contributed by atoms with Gasteiger partial charge in [0.25, 0.3) is 0 Å². The molecule has 0 aromatic heterocycles. The van der Waals surface area contributed by atoms with Gasteiger partial charge in [-0.05, 0) is 88.9 Å². The highest BCUT2D eigenvalue weighted by atomic mass is 16.5. The maximum absolute atomic E-state index is 12.4. The Morgan fingerprint density at radius 1 is 0.500 bits per heavy atom. The van der Waals surface area contributed by atoms with Gasteiger partial charge in [-0.25, -0.2) is 0 Å². The number of ether oxygens (including phenoxy) is 4. The molecule has 292 valence electrons. The molecule has 0 aliphatic carbocycles. The summed E-state index contributed by atoms with van der Waals surface area (Å²) in [7, 11) is 5.80. The van der Waals surface area contributed by atoms with Crippen molar-refractivity contribution in [3.05, 3.63) is 22.3 Å². The topological polar surface area (TPSA) is 153 Å². The number of methoxy groups -OCH3 is 4. The van der Waals surface area contributed by atoms with E-state index in [9.17, 15) is 19.2 Å². The van der Waals surface area contributed by atoms with Crippen molar-refractivity contribution in [2.24, 2.45) is 23.7 Å². The Hall–Kier alpha value is -2.80. The molecule has 4 N–H and O–H groups in total. The van der Waals surface area contributed by atoms with Crippen molar-refractivity contribution in [2.75, 3.05) is 28.4 Å². The predicted molar refractivity (Wildman–Crippen MR) is 197 cm³/mol. The number of nitrogens with one attached hydrogen (secondary N) is 4. The Kier molecular flexibility index (Phi) is 14.0. The molecule has 0 radical (unpaired) electrons. The quantitative estimate of drug-likeness (QED) is 0.131. The van der Waals surface area contributed by atoms with Crippen LogP contribution in [0.25, 0.3) is 0 Å². The van der Waals surface area contributed by atoms with E-state index in [-0.39, 0.29) is 84.0 Å². The van der Waals surface area contributed by atoms with E-state index in [4.69, 9.17) is 18.9 Å². The zero-order valence-corrected chi connectivity index (χ0v) is 32.7. The molecule has 3 fully saturated rings. The van der Waals surface area contributed by atoms with Crippen molar-refractivity contribution >= 4 is 23.9 Å². The van der Waals surface area contributed by atoms with Gasteiger partial charge in [0.1, 0.15) is 0 Å². The van der Waals surface area contributed by atoms with Gasteiger partial charge >= 0.3 is 23.9 Å². The lowest BCUT2D eigenvalue weighted by molar-refractivity contribution is -0.141. The number of fused-ring (bicyclic) bond motifs is 8. The highest BCUT2D eigenvalue weighted by molar-refractivity contribution is 5.70. The highest BCUT2D eigenvalue weighted by Crippen LogP contribution is 2.43. The first kappa shape index (κ1) is 40.4. The molecule has 0 aromatic rings. The summed E-state index contributed by atoms with van der Waals surface area (Å²) in [5.74, 6) is 0.416. The number of hydrogen-bond acceptors (Lipinski definition) is 12. The van der Waals surface area contributed by atoms with Crippen molar-refractivity contribution in [1.82, 2.24) is 21.3 Å². The molecule has 8 bridgehead atoms. The minimum Gasteiger partial charge on any atom is -0.469 e. The largest absolute Gasteiger partial charge is 0.469 e. The molecule has 0 aromatic carbocycles. The molecule has 0 saturated carbocycles. The van der Waals surface area contributed by atoms with E-state index in [0.717, 1.165) is 38.5 Å². The second-order valence-corrected chi connectivity index (χ2v) is 16.1. The summed E-state index contributed by atoms with van der Waals surface area (Å²) in [6.07, 6.45) is 7.74. The number of carbonyl (C=O) groups excluding carboxylic acids is 4. The van der Waals surface area contributed by atoms with Crippen LogP contribution in [0.1, 0.15) is 105 Å². The Morgan fingerprint density at radius 3 is 1.17 bits per heavy atom. The van der Waals surface area contributed by atoms with Crippen molar-refractivity contribution in [2.45, 2.75) is 153 Å². The highest BCUT2D eigenvalue weighted by Gasteiger charge is 2.48. The molecular weight excluding hydrogens is 664 g/mol. The third-order valence-corrected chi connectivity index (χ3v) is 13.6. The van der Waals surface area contributed by atoms with E-state index in [2.05, 4.69) is 49.0 Å². The molecular formula is C40H64N4O8. The summed E-state index contributed by atoms with van der Waals surface area (Å²) >= 11 is 0. The van der Waals surface area contributed by atoms with E-state index in [1.807, 2.05) is 0 Å². The van der Waals surface area contributed by atoms with Gasteiger partial charge < -0.3 is 40.2 Å². The van der Waals surface area contributed by atoms with Crippen molar-refractivity contribution in [1.29, 1.82) is 0 Å².